The van der Waals surface area contributed by atoms with Crippen LogP contribution < -0.4 is 0 Å². The first-order valence-electron chi connectivity index (χ1n) is 5.74. The van der Waals surface area contributed by atoms with Crippen LogP contribution in [0.25, 0.3) is 11.1 Å². The lowest BCUT2D eigenvalue weighted by Crippen LogP contribution is -2.24. The maximum atomic E-state index is 9.29. The van der Waals surface area contributed by atoms with Gasteiger partial charge in [0.2, 0.25) is 0 Å². The molecular weight excluding hydrogens is 212 g/mol. The van der Waals surface area contributed by atoms with Crippen molar-refractivity contribution in [2.24, 2.45) is 0 Å². The highest BCUT2D eigenvalue weighted by atomic mass is 16.3. The van der Waals surface area contributed by atoms with Crippen LogP contribution in [0.15, 0.2) is 30.5 Å². The molecule has 0 unspecified atom stereocenters. The van der Waals surface area contributed by atoms with Gasteiger partial charge in [-0.15, -0.1) is 0 Å². The van der Waals surface area contributed by atoms with Crippen molar-refractivity contribution in [1.29, 1.82) is 0 Å². The number of hydrogen-bond donors (Lipinski definition) is 1. The van der Waals surface area contributed by atoms with Gasteiger partial charge in [0.25, 0.3) is 0 Å². The van der Waals surface area contributed by atoms with Crippen LogP contribution in [0.1, 0.15) is 26.5 Å². The Labute approximate surface area is 102 Å². The van der Waals surface area contributed by atoms with Crippen LogP contribution >= 0.6 is 0 Å². The van der Waals surface area contributed by atoms with Gasteiger partial charge >= 0.3 is 0 Å². The van der Waals surface area contributed by atoms with Crippen molar-refractivity contribution >= 4 is 0 Å². The van der Waals surface area contributed by atoms with Crippen molar-refractivity contribution in [1.82, 2.24) is 9.78 Å². The summed E-state index contributed by atoms with van der Waals surface area (Å²) in [6, 6.07) is 7.21. The smallest absolute Gasteiger partial charge is 0.115 e. The molecule has 0 bridgehead atoms. The van der Waals surface area contributed by atoms with Crippen molar-refractivity contribution < 1.29 is 5.11 Å². The van der Waals surface area contributed by atoms with E-state index in [9.17, 15) is 5.11 Å². The minimum absolute atomic E-state index is 0.0146. The van der Waals surface area contributed by atoms with E-state index in [1.54, 1.807) is 12.1 Å². The number of phenols is 1. The molecule has 90 valence electrons. The van der Waals surface area contributed by atoms with E-state index in [0.29, 0.717) is 0 Å². The highest BCUT2D eigenvalue weighted by Crippen LogP contribution is 2.27. The molecule has 0 radical (unpaired) electrons. The van der Waals surface area contributed by atoms with E-state index >= 15 is 0 Å². The van der Waals surface area contributed by atoms with Gasteiger partial charge in [0, 0.05) is 11.3 Å². The first-order valence-corrected chi connectivity index (χ1v) is 5.74. The summed E-state index contributed by atoms with van der Waals surface area (Å²) in [5.41, 5.74) is 3.32. The highest BCUT2D eigenvalue weighted by Gasteiger charge is 2.18. The molecule has 1 heterocycles. The van der Waals surface area contributed by atoms with Crippen molar-refractivity contribution in [3.63, 3.8) is 0 Å². The van der Waals surface area contributed by atoms with Crippen molar-refractivity contribution in [3.8, 4) is 16.9 Å². The lowest BCUT2D eigenvalue weighted by atomic mass is 10.1. The Kier molecular flexibility index (Phi) is 2.69. The van der Waals surface area contributed by atoms with E-state index in [1.807, 2.05) is 23.0 Å². The van der Waals surface area contributed by atoms with E-state index in [0.717, 1.165) is 16.8 Å². The largest absolute Gasteiger partial charge is 0.508 e. The van der Waals surface area contributed by atoms with Crippen LogP contribution in [0.4, 0.5) is 0 Å². The zero-order valence-electron chi connectivity index (χ0n) is 10.7. The fraction of sp³-hybridized carbons (Fsp3) is 0.357. The van der Waals surface area contributed by atoms with Gasteiger partial charge in [0.1, 0.15) is 5.75 Å². The molecule has 1 aromatic carbocycles. The number of phenolic OH excluding ortho intramolecular Hbond substituents is 1. The number of aromatic hydroxyl groups is 1. The molecule has 2 rings (SSSR count). The Morgan fingerprint density at radius 3 is 2.18 bits per heavy atom. The minimum atomic E-state index is -0.0146. The second kappa shape index (κ2) is 3.91. The number of nitrogens with zero attached hydrogens (tertiary/aromatic N) is 2. The molecule has 0 spiro atoms. The Balaban J connectivity index is 2.48. The summed E-state index contributed by atoms with van der Waals surface area (Å²) in [4.78, 5) is 0. The third kappa shape index (κ3) is 2.18. The van der Waals surface area contributed by atoms with Crippen LogP contribution in [0.3, 0.4) is 0 Å². The molecular formula is C14H18N2O. The molecule has 0 aliphatic carbocycles. The average molecular weight is 230 g/mol. The summed E-state index contributed by atoms with van der Waals surface area (Å²) < 4.78 is 2.02. The zero-order chi connectivity index (χ0) is 12.6. The van der Waals surface area contributed by atoms with Gasteiger partial charge in [0.05, 0.1) is 11.7 Å². The predicted octanol–water partition coefficient (Wildman–Crippen LogP) is 3.32. The Bertz CT molecular complexity index is 518. The summed E-state index contributed by atoms with van der Waals surface area (Å²) in [5, 5.41) is 13.7. The molecule has 2 aromatic rings. The van der Waals surface area contributed by atoms with Crippen molar-refractivity contribution in [3.05, 3.63) is 36.2 Å². The Morgan fingerprint density at radius 1 is 1.12 bits per heavy atom. The van der Waals surface area contributed by atoms with Gasteiger partial charge in [-0.05, 0) is 45.4 Å². The van der Waals surface area contributed by atoms with Crippen molar-refractivity contribution in [2.75, 3.05) is 0 Å². The molecule has 0 amide bonds. The minimum Gasteiger partial charge on any atom is -0.508 e. The number of hydrogen-bond acceptors (Lipinski definition) is 2. The van der Waals surface area contributed by atoms with Crippen LogP contribution in [0.5, 0.6) is 5.75 Å². The van der Waals surface area contributed by atoms with E-state index < -0.39 is 0 Å². The SMILES string of the molecule is Cc1c(-c2ccc(O)cc2)cnn1C(C)(C)C. The summed E-state index contributed by atoms with van der Waals surface area (Å²) in [5.74, 6) is 0.287. The fourth-order valence-electron chi connectivity index (χ4n) is 2.01. The molecule has 0 saturated carbocycles. The lowest BCUT2D eigenvalue weighted by molar-refractivity contribution is 0.348. The molecule has 0 fully saturated rings. The number of rotatable bonds is 1. The molecule has 0 aliphatic heterocycles. The van der Waals surface area contributed by atoms with Gasteiger partial charge in [0.15, 0.2) is 0 Å². The second-order valence-electron chi connectivity index (χ2n) is 5.27. The fourth-order valence-corrected chi connectivity index (χ4v) is 2.01. The van der Waals surface area contributed by atoms with Crippen molar-refractivity contribution in [2.45, 2.75) is 33.2 Å². The standard InChI is InChI=1S/C14H18N2O/c1-10-13(9-15-16(10)14(2,3)4)11-5-7-12(17)8-6-11/h5-9,17H,1-4H3. The monoisotopic (exact) mass is 230 g/mol. The summed E-state index contributed by atoms with van der Waals surface area (Å²) >= 11 is 0. The highest BCUT2D eigenvalue weighted by molar-refractivity contribution is 5.65. The Hall–Kier alpha value is -1.77. The molecule has 17 heavy (non-hydrogen) atoms. The first kappa shape index (κ1) is 11.7. The van der Waals surface area contributed by atoms with Crippen LogP contribution in [-0.2, 0) is 5.54 Å². The second-order valence-corrected chi connectivity index (χ2v) is 5.27. The van der Waals surface area contributed by atoms with E-state index in [1.165, 1.54) is 0 Å². The van der Waals surface area contributed by atoms with Gasteiger partial charge < -0.3 is 5.11 Å². The number of aromatic nitrogens is 2. The third-order valence-electron chi connectivity index (χ3n) is 2.82. The van der Waals surface area contributed by atoms with Gasteiger partial charge in [-0.1, -0.05) is 12.1 Å². The maximum absolute atomic E-state index is 9.29. The lowest BCUT2D eigenvalue weighted by Gasteiger charge is -2.21. The molecule has 1 aromatic heterocycles. The van der Waals surface area contributed by atoms with E-state index in [4.69, 9.17) is 0 Å². The molecule has 0 aliphatic rings. The predicted molar refractivity (Wildman–Crippen MR) is 69.1 cm³/mol. The third-order valence-corrected chi connectivity index (χ3v) is 2.82. The first-order chi connectivity index (χ1) is 7.89. The summed E-state index contributed by atoms with van der Waals surface area (Å²) in [7, 11) is 0. The van der Waals surface area contributed by atoms with E-state index in [2.05, 4.69) is 32.8 Å². The molecule has 3 nitrogen and oxygen atoms in total. The van der Waals surface area contributed by atoms with E-state index in [-0.39, 0.29) is 11.3 Å². The van der Waals surface area contributed by atoms with Gasteiger partial charge in [-0.2, -0.15) is 5.10 Å². The number of benzene rings is 1. The van der Waals surface area contributed by atoms with Crippen LogP contribution in [0, 0.1) is 6.92 Å². The molecule has 3 heteroatoms. The summed E-state index contributed by atoms with van der Waals surface area (Å²) in [6.45, 7) is 8.47. The summed E-state index contributed by atoms with van der Waals surface area (Å²) in [6.07, 6.45) is 1.88. The maximum Gasteiger partial charge on any atom is 0.115 e. The molecule has 1 N–H and O–H groups in total. The molecule has 0 atom stereocenters. The molecule has 0 saturated heterocycles. The average Bonchev–Trinajstić information content (AvgIpc) is 2.61. The zero-order valence-corrected chi connectivity index (χ0v) is 10.7. The Morgan fingerprint density at radius 2 is 1.71 bits per heavy atom. The van der Waals surface area contributed by atoms with Gasteiger partial charge in [-0.25, -0.2) is 0 Å². The quantitative estimate of drug-likeness (QED) is 0.816. The topological polar surface area (TPSA) is 38.1 Å². The normalized spacial score (nSPS) is 11.8. The van der Waals surface area contributed by atoms with Crippen LogP contribution in [-0.4, -0.2) is 14.9 Å². The van der Waals surface area contributed by atoms with Crippen LogP contribution in [0.2, 0.25) is 0 Å². The van der Waals surface area contributed by atoms with Gasteiger partial charge in [-0.3, -0.25) is 4.68 Å².